The van der Waals surface area contributed by atoms with Gasteiger partial charge in [-0.25, -0.2) is 0 Å². The van der Waals surface area contributed by atoms with Crippen LogP contribution in [0.1, 0.15) is 38.5 Å². The van der Waals surface area contributed by atoms with Crippen LogP contribution >= 0.6 is 11.6 Å². The molecule has 0 aliphatic heterocycles. The average molecular weight is 259 g/mol. The Hall–Kier alpha value is -0.280. The number of amides is 1. The molecular formula is C13H23ClN2O. The highest BCUT2D eigenvalue weighted by atomic mass is 35.5. The minimum absolute atomic E-state index is 0.132. The molecule has 2 aliphatic rings. The van der Waals surface area contributed by atoms with Crippen molar-refractivity contribution in [3.05, 3.63) is 0 Å². The Bertz CT molecular complexity index is 279. The summed E-state index contributed by atoms with van der Waals surface area (Å²) in [4.78, 5) is 16.4. The van der Waals surface area contributed by atoms with E-state index in [1.807, 2.05) is 0 Å². The van der Waals surface area contributed by atoms with Crippen LogP contribution in [0.5, 0.6) is 0 Å². The number of nitrogens with zero attached hydrogens (tertiary/aromatic N) is 2. The van der Waals surface area contributed by atoms with Gasteiger partial charge < -0.3 is 9.80 Å². The molecule has 98 valence electrons. The molecule has 0 bridgehead atoms. The van der Waals surface area contributed by atoms with Crippen molar-refractivity contribution in [2.24, 2.45) is 0 Å². The fourth-order valence-electron chi connectivity index (χ4n) is 3.10. The molecule has 0 aromatic rings. The SMILES string of the molecule is CN(C)[C@H]1CCCC[C@@H]1N(C(=O)CCl)C1CC1. The second kappa shape index (κ2) is 5.57. The van der Waals surface area contributed by atoms with Gasteiger partial charge in [-0.2, -0.15) is 0 Å². The monoisotopic (exact) mass is 258 g/mol. The van der Waals surface area contributed by atoms with Gasteiger partial charge in [0.15, 0.2) is 0 Å². The number of halogens is 1. The van der Waals surface area contributed by atoms with Crippen molar-refractivity contribution in [2.45, 2.75) is 56.7 Å². The number of likely N-dealkylation sites (N-methyl/N-ethyl adjacent to an activating group) is 1. The van der Waals surface area contributed by atoms with Gasteiger partial charge in [0.1, 0.15) is 5.88 Å². The highest BCUT2D eigenvalue weighted by Gasteiger charge is 2.41. The summed E-state index contributed by atoms with van der Waals surface area (Å²) < 4.78 is 0. The van der Waals surface area contributed by atoms with Gasteiger partial charge in [-0.3, -0.25) is 4.79 Å². The molecule has 3 nitrogen and oxygen atoms in total. The lowest BCUT2D eigenvalue weighted by Gasteiger charge is -2.43. The van der Waals surface area contributed by atoms with Crippen molar-refractivity contribution >= 4 is 17.5 Å². The quantitative estimate of drug-likeness (QED) is 0.721. The molecule has 2 fully saturated rings. The van der Waals surface area contributed by atoms with Gasteiger partial charge >= 0.3 is 0 Å². The Labute approximate surface area is 109 Å². The summed E-state index contributed by atoms with van der Waals surface area (Å²) in [6, 6.07) is 1.38. The van der Waals surface area contributed by atoms with Crippen LogP contribution < -0.4 is 0 Å². The first kappa shape index (κ1) is 13.2. The summed E-state index contributed by atoms with van der Waals surface area (Å²) in [7, 11) is 4.25. The molecule has 2 atom stereocenters. The van der Waals surface area contributed by atoms with E-state index < -0.39 is 0 Å². The zero-order chi connectivity index (χ0) is 12.4. The Morgan fingerprint density at radius 2 is 1.71 bits per heavy atom. The zero-order valence-corrected chi connectivity index (χ0v) is 11.6. The molecular weight excluding hydrogens is 236 g/mol. The molecule has 2 saturated carbocycles. The third kappa shape index (κ3) is 2.94. The van der Waals surface area contributed by atoms with Crippen molar-refractivity contribution in [3.8, 4) is 0 Å². The van der Waals surface area contributed by atoms with Gasteiger partial charge in [0.2, 0.25) is 5.91 Å². The van der Waals surface area contributed by atoms with Crippen molar-refractivity contribution in [2.75, 3.05) is 20.0 Å². The molecule has 17 heavy (non-hydrogen) atoms. The van der Waals surface area contributed by atoms with Crippen LogP contribution in [-0.4, -0.2) is 53.8 Å². The van der Waals surface area contributed by atoms with Gasteiger partial charge in [0.25, 0.3) is 0 Å². The lowest BCUT2D eigenvalue weighted by atomic mass is 9.88. The molecule has 0 N–H and O–H groups in total. The van der Waals surface area contributed by atoms with E-state index in [1.54, 1.807) is 0 Å². The second-order valence-corrected chi connectivity index (χ2v) is 5.82. The summed E-state index contributed by atoms with van der Waals surface area (Å²) in [5, 5.41) is 0. The molecule has 0 aromatic carbocycles. The normalized spacial score (nSPS) is 29.4. The minimum atomic E-state index is 0.132. The number of hydrogen-bond acceptors (Lipinski definition) is 2. The van der Waals surface area contributed by atoms with Crippen LogP contribution in [0.15, 0.2) is 0 Å². The predicted octanol–water partition coefficient (Wildman–Crippen LogP) is 2.09. The summed E-state index contributed by atoms with van der Waals surface area (Å²) in [5.74, 6) is 0.264. The maximum atomic E-state index is 12.0. The van der Waals surface area contributed by atoms with E-state index in [0.717, 1.165) is 6.42 Å². The standard InChI is InChI=1S/C13H23ClN2O/c1-15(2)11-5-3-4-6-12(11)16(10-7-8-10)13(17)9-14/h10-12H,3-9H2,1-2H3/t11-,12-/m0/s1. The molecule has 0 aromatic heterocycles. The van der Waals surface area contributed by atoms with Crippen LogP contribution in [0.3, 0.4) is 0 Å². The largest absolute Gasteiger partial charge is 0.334 e. The highest BCUT2D eigenvalue weighted by Crippen LogP contribution is 2.35. The molecule has 2 rings (SSSR count). The minimum Gasteiger partial charge on any atom is -0.334 e. The first-order valence-electron chi connectivity index (χ1n) is 6.68. The van der Waals surface area contributed by atoms with Crippen molar-refractivity contribution < 1.29 is 4.79 Å². The number of alkyl halides is 1. The smallest absolute Gasteiger partial charge is 0.238 e. The molecule has 1 amide bonds. The van der Waals surface area contributed by atoms with Gasteiger partial charge in [0, 0.05) is 18.1 Å². The van der Waals surface area contributed by atoms with Gasteiger partial charge in [0.05, 0.1) is 0 Å². The zero-order valence-electron chi connectivity index (χ0n) is 10.9. The molecule has 0 unspecified atom stereocenters. The Balaban J connectivity index is 2.11. The highest BCUT2D eigenvalue weighted by molar-refractivity contribution is 6.27. The number of carbonyl (C=O) groups excluding carboxylic acids is 1. The number of carbonyl (C=O) groups is 1. The molecule has 2 aliphatic carbocycles. The van der Waals surface area contributed by atoms with Gasteiger partial charge in [-0.15, -0.1) is 11.6 Å². The van der Waals surface area contributed by atoms with Crippen LogP contribution in [0.4, 0.5) is 0 Å². The fraction of sp³-hybridized carbons (Fsp3) is 0.923. The van der Waals surface area contributed by atoms with Crippen LogP contribution in [-0.2, 0) is 4.79 Å². The van der Waals surface area contributed by atoms with Crippen LogP contribution in [0.2, 0.25) is 0 Å². The van der Waals surface area contributed by atoms with Crippen LogP contribution in [0.25, 0.3) is 0 Å². The molecule has 0 saturated heterocycles. The second-order valence-electron chi connectivity index (χ2n) is 5.55. The van der Waals surface area contributed by atoms with E-state index in [2.05, 4.69) is 23.9 Å². The van der Waals surface area contributed by atoms with E-state index in [4.69, 9.17) is 11.6 Å². The van der Waals surface area contributed by atoms with E-state index in [-0.39, 0.29) is 11.8 Å². The summed E-state index contributed by atoms with van der Waals surface area (Å²) >= 11 is 5.76. The Morgan fingerprint density at radius 1 is 1.12 bits per heavy atom. The maximum Gasteiger partial charge on any atom is 0.238 e. The van der Waals surface area contributed by atoms with E-state index in [1.165, 1.54) is 32.1 Å². The van der Waals surface area contributed by atoms with Crippen molar-refractivity contribution in [1.82, 2.24) is 9.80 Å². The lowest BCUT2D eigenvalue weighted by molar-refractivity contribution is -0.133. The Morgan fingerprint density at radius 3 is 2.18 bits per heavy atom. The van der Waals surface area contributed by atoms with E-state index >= 15 is 0 Å². The van der Waals surface area contributed by atoms with E-state index in [0.29, 0.717) is 18.1 Å². The first-order chi connectivity index (χ1) is 8.15. The number of hydrogen-bond donors (Lipinski definition) is 0. The first-order valence-corrected chi connectivity index (χ1v) is 7.22. The fourth-order valence-corrected chi connectivity index (χ4v) is 3.24. The van der Waals surface area contributed by atoms with E-state index in [9.17, 15) is 4.79 Å². The molecule has 0 radical (unpaired) electrons. The third-order valence-electron chi connectivity index (χ3n) is 4.06. The third-order valence-corrected chi connectivity index (χ3v) is 4.29. The average Bonchev–Trinajstić information content (AvgIpc) is 3.14. The molecule has 0 spiro atoms. The summed E-state index contributed by atoms with van der Waals surface area (Å²) in [5.41, 5.74) is 0. The summed E-state index contributed by atoms with van der Waals surface area (Å²) in [6.45, 7) is 0. The number of rotatable bonds is 4. The Kier molecular flexibility index (Phi) is 4.31. The van der Waals surface area contributed by atoms with Crippen molar-refractivity contribution in [1.29, 1.82) is 0 Å². The topological polar surface area (TPSA) is 23.6 Å². The maximum absolute atomic E-state index is 12.0. The molecule has 4 heteroatoms. The molecule has 0 heterocycles. The van der Waals surface area contributed by atoms with Gasteiger partial charge in [-0.1, -0.05) is 12.8 Å². The van der Waals surface area contributed by atoms with Crippen molar-refractivity contribution in [3.63, 3.8) is 0 Å². The predicted molar refractivity (Wildman–Crippen MR) is 70.3 cm³/mol. The van der Waals surface area contributed by atoms with Gasteiger partial charge in [-0.05, 0) is 39.8 Å². The van der Waals surface area contributed by atoms with Crippen LogP contribution in [0, 0.1) is 0 Å². The summed E-state index contributed by atoms with van der Waals surface area (Å²) in [6.07, 6.45) is 7.21. The lowest BCUT2D eigenvalue weighted by Crippen LogP contribution is -2.54.